The van der Waals surface area contributed by atoms with Crippen molar-refractivity contribution < 1.29 is 8.42 Å². The summed E-state index contributed by atoms with van der Waals surface area (Å²) in [6, 6.07) is 15.1. The van der Waals surface area contributed by atoms with Gasteiger partial charge in [-0.1, -0.05) is 56.3 Å². The Morgan fingerprint density at radius 2 is 1.44 bits per heavy atom. The summed E-state index contributed by atoms with van der Waals surface area (Å²) in [5, 5.41) is 0. The molecule has 0 aliphatic heterocycles. The SMILES string of the molecule is CC1Cc2cc(CCc3ccc(CS(=O)(=O)C(C)(C)C)cc3)ccc2C1C. The van der Waals surface area contributed by atoms with Crippen molar-refractivity contribution in [1.82, 2.24) is 0 Å². The molecule has 0 radical (unpaired) electrons. The van der Waals surface area contributed by atoms with Gasteiger partial charge in [0.2, 0.25) is 0 Å². The van der Waals surface area contributed by atoms with E-state index in [0.717, 1.165) is 24.3 Å². The van der Waals surface area contributed by atoms with E-state index in [1.807, 2.05) is 12.1 Å². The quantitative estimate of drug-likeness (QED) is 0.684. The number of rotatable bonds is 5. The first kappa shape index (κ1) is 20.1. The third-order valence-electron chi connectivity index (χ3n) is 6.11. The van der Waals surface area contributed by atoms with Crippen LogP contribution in [0.2, 0.25) is 0 Å². The Labute approximate surface area is 164 Å². The molecule has 3 rings (SSSR count). The Morgan fingerprint density at radius 1 is 0.889 bits per heavy atom. The van der Waals surface area contributed by atoms with Crippen LogP contribution in [-0.2, 0) is 34.9 Å². The van der Waals surface area contributed by atoms with Crippen LogP contribution in [0.15, 0.2) is 42.5 Å². The fourth-order valence-electron chi connectivity index (χ4n) is 3.79. The maximum atomic E-state index is 12.4. The van der Waals surface area contributed by atoms with Crippen molar-refractivity contribution in [3.63, 3.8) is 0 Å². The molecule has 146 valence electrons. The van der Waals surface area contributed by atoms with Crippen LogP contribution in [0.5, 0.6) is 0 Å². The molecule has 0 N–H and O–H groups in total. The van der Waals surface area contributed by atoms with E-state index in [1.54, 1.807) is 20.8 Å². The summed E-state index contributed by atoms with van der Waals surface area (Å²) in [5.74, 6) is 1.52. The summed E-state index contributed by atoms with van der Waals surface area (Å²) >= 11 is 0. The zero-order valence-electron chi connectivity index (χ0n) is 17.2. The fraction of sp³-hybridized carbons (Fsp3) is 0.500. The molecule has 1 aliphatic rings. The second-order valence-electron chi connectivity index (χ2n) is 9.19. The summed E-state index contributed by atoms with van der Waals surface area (Å²) in [5.41, 5.74) is 6.57. The van der Waals surface area contributed by atoms with Gasteiger partial charge in [-0.2, -0.15) is 0 Å². The van der Waals surface area contributed by atoms with Crippen LogP contribution < -0.4 is 0 Å². The Bertz CT molecular complexity index is 902. The van der Waals surface area contributed by atoms with Gasteiger partial charge in [0, 0.05) is 0 Å². The van der Waals surface area contributed by atoms with Crippen LogP contribution in [0.25, 0.3) is 0 Å². The third kappa shape index (κ3) is 4.45. The van der Waals surface area contributed by atoms with Crippen molar-refractivity contribution in [2.24, 2.45) is 5.92 Å². The van der Waals surface area contributed by atoms with Gasteiger partial charge in [-0.3, -0.25) is 0 Å². The summed E-state index contributed by atoms with van der Waals surface area (Å²) in [7, 11) is -3.13. The average molecular weight is 385 g/mol. The molecule has 3 heteroatoms. The van der Waals surface area contributed by atoms with Crippen molar-refractivity contribution in [2.75, 3.05) is 0 Å². The number of benzene rings is 2. The van der Waals surface area contributed by atoms with E-state index < -0.39 is 14.6 Å². The molecule has 1 aliphatic carbocycles. The molecule has 0 spiro atoms. The number of aryl methyl sites for hydroxylation is 2. The van der Waals surface area contributed by atoms with Crippen LogP contribution in [0.4, 0.5) is 0 Å². The molecule has 2 nitrogen and oxygen atoms in total. The highest BCUT2D eigenvalue weighted by molar-refractivity contribution is 7.91. The van der Waals surface area contributed by atoms with Crippen molar-refractivity contribution >= 4 is 9.84 Å². The van der Waals surface area contributed by atoms with E-state index in [0.29, 0.717) is 5.92 Å². The standard InChI is InChI=1S/C24H32O2S/c1-17-14-22-15-20(12-13-23(22)18(17)2)9-6-19-7-10-21(11-8-19)16-27(25,26)24(3,4)5/h7-8,10-13,15,17-18H,6,9,14,16H2,1-5H3. The largest absolute Gasteiger partial charge is 0.228 e. The molecule has 0 fully saturated rings. The highest BCUT2D eigenvalue weighted by Gasteiger charge is 2.29. The summed E-state index contributed by atoms with van der Waals surface area (Å²) < 4.78 is 24.0. The fourth-order valence-corrected chi connectivity index (χ4v) is 4.86. The summed E-state index contributed by atoms with van der Waals surface area (Å²) in [6.07, 6.45) is 3.20. The van der Waals surface area contributed by atoms with Gasteiger partial charge in [0.15, 0.2) is 9.84 Å². The molecule has 2 unspecified atom stereocenters. The molecule has 2 aromatic rings. The molecule has 0 aromatic heterocycles. The van der Waals surface area contributed by atoms with E-state index >= 15 is 0 Å². The highest BCUT2D eigenvalue weighted by atomic mass is 32.2. The minimum Gasteiger partial charge on any atom is -0.228 e. The number of hydrogen-bond acceptors (Lipinski definition) is 2. The summed E-state index contributed by atoms with van der Waals surface area (Å²) in [6.45, 7) is 9.95. The maximum Gasteiger partial charge on any atom is 0.159 e. The predicted molar refractivity (Wildman–Crippen MR) is 114 cm³/mol. The lowest BCUT2D eigenvalue weighted by Gasteiger charge is -2.19. The van der Waals surface area contributed by atoms with Crippen molar-refractivity contribution in [3.8, 4) is 0 Å². The van der Waals surface area contributed by atoms with Crippen LogP contribution in [0, 0.1) is 5.92 Å². The molecule has 0 amide bonds. The zero-order valence-corrected chi connectivity index (χ0v) is 18.1. The van der Waals surface area contributed by atoms with E-state index in [1.165, 1.54) is 28.7 Å². The Kier molecular flexibility index (Phi) is 5.54. The second kappa shape index (κ2) is 7.43. The minimum absolute atomic E-state index is 0.109. The Balaban J connectivity index is 1.62. The lowest BCUT2D eigenvalue weighted by atomic mass is 9.95. The van der Waals surface area contributed by atoms with Crippen LogP contribution in [0.1, 0.15) is 68.4 Å². The van der Waals surface area contributed by atoms with Crippen molar-refractivity contribution in [1.29, 1.82) is 0 Å². The Hall–Kier alpha value is -1.61. The van der Waals surface area contributed by atoms with E-state index in [4.69, 9.17) is 0 Å². The minimum atomic E-state index is -3.13. The first-order valence-electron chi connectivity index (χ1n) is 9.98. The molecule has 27 heavy (non-hydrogen) atoms. The van der Waals surface area contributed by atoms with Gasteiger partial charge in [0.1, 0.15) is 0 Å². The lowest BCUT2D eigenvalue weighted by molar-refractivity contribution is 0.532. The lowest BCUT2D eigenvalue weighted by Crippen LogP contribution is -2.29. The molecule has 0 bridgehead atoms. The third-order valence-corrected chi connectivity index (χ3v) is 8.69. The molecular weight excluding hydrogens is 352 g/mol. The van der Waals surface area contributed by atoms with Gasteiger partial charge >= 0.3 is 0 Å². The van der Waals surface area contributed by atoms with E-state index in [2.05, 4.69) is 44.2 Å². The van der Waals surface area contributed by atoms with Gasteiger partial charge in [-0.05, 0) is 79.7 Å². The van der Waals surface area contributed by atoms with Gasteiger partial charge in [0.05, 0.1) is 10.5 Å². The molecule has 2 atom stereocenters. The van der Waals surface area contributed by atoms with E-state index in [9.17, 15) is 8.42 Å². The summed E-state index contributed by atoms with van der Waals surface area (Å²) in [4.78, 5) is 0. The van der Waals surface area contributed by atoms with Crippen LogP contribution in [-0.4, -0.2) is 13.2 Å². The monoisotopic (exact) mass is 384 g/mol. The number of sulfone groups is 1. The number of fused-ring (bicyclic) bond motifs is 1. The van der Waals surface area contributed by atoms with Gasteiger partial charge in [-0.25, -0.2) is 8.42 Å². The van der Waals surface area contributed by atoms with Gasteiger partial charge in [-0.15, -0.1) is 0 Å². The average Bonchev–Trinajstić information content (AvgIpc) is 2.87. The first-order chi connectivity index (χ1) is 12.6. The van der Waals surface area contributed by atoms with Crippen LogP contribution in [0.3, 0.4) is 0 Å². The normalized spacial score (nSPS) is 19.9. The van der Waals surface area contributed by atoms with Crippen molar-refractivity contribution in [3.05, 3.63) is 70.3 Å². The first-order valence-corrected chi connectivity index (χ1v) is 11.6. The molecule has 0 heterocycles. The molecular formula is C24H32O2S. The number of hydrogen-bond donors (Lipinski definition) is 0. The molecule has 2 aromatic carbocycles. The van der Waals surface area contributed by atoms with Gasteiger partial charge in [0.25, 0.3) is 0 Å². The van der Waals surface area contributed by atoms with Crippen LogP contribution >= 0.6 is 0 Å². The van der Waals surface area contributed by atoms with Crippen molar-refractivity contribution in [2.45, 2.75) is 70.3 Å². The maximum absolute atomic E-state index is 12.4. The Morgan fingerprint density at radius 3 is 2.07 bits per heavy atom. The smallest absolute Gasteiger partial charge is 0.159 e. The molecule has 0 saturated carbocycles. The topological polar surface area (TPSA) is 34.1 Å². The van der Waals surface area contributed by atoms with Gasteiger partial charge < -0.3 is 0 Å². The predicted octanol–water partition coefficient (Wildman–Crippen LogP) is 5.48. The molecule has 0 saturated heterocycles. The van der Waals surface area contributed by atoms with E-state index in [-0.39, 0.29) is 5.75 Å². The second-order valence-corrected chi connectivity index (χ2v) is 11.9. The highest BCUT2D eigenvalue weighted by Crippen LogP contribution is 2.37. The zero-order chi connectivity index (χ0) is 19.8.